The van der Waals surface area contributed by atoms with Crippen molar-refractivity contribution in [1.82, 2.24) is 29.2 Å². The topological polar surface area (TPSA) is 109 Å². The molecule has 0 spiro atoms. The lowest BCUT2D eigenvalue weighted by molar-refractivity contribution is -0.0299. The van der Waals surface area contributed by atoms with Gasteiger partial charge in [0, 0.05) is 35.8 Å². The van der Waals surface area contributed by atoms with Crippen LogP contribution in [0, 0.1) is 5.82 Å². The quantitative estimate of drug-likeness (QED) is 0.406. The number of nitrogens with zero attached hydrogens (tertiary/aromatic N) is 5. The highest BCUT2D eigenvalue weighted by Gasteiger charge is 2.35. The molecule has 1 aliphatic rings. The minimum absolute atomic E-state index is 0.0633. The lowest BCUT2D eigenvalue weighted by atomic mass is 9.91. The molecule has 0 bridgehead atoms. The second kappa shape index (κ2) is 8.42. The standard InChI is InChI=1S/C26H23FN6O3/c27-19-2-4-20(5-3-19)33-23-21(14-30-33)25(35)32(16-29-23)15-26(36)8-11-31(12-9-26)24(34)18-1-6-22-17(13-18)7-10-28-22/h1-7,10,13-14,16,28,36H,8-9,11-12,15H2. The molecule has 5 aromatic rings. The Hall–Kier alpha value is -4.31. The molecule has 10 heteroatoms. The first kappa shape index (κ1) is 22.2. The number of aliphatic hydroxyl groups is 1. The molecular weight excluding hydrogens is 463 g/mol. The van der Waals surface area contributed by atoms with Gasteiger partial charge in [-0.1, -0.05) is 0 Å². The van der Waals surface area contributed by atoms with Gasteiger partial charge < -0.3 is 15.0 Å². The van der Waals surface area contributed by atoms with Gasteiger partial charge in [0.25, 0.3) is 11.5 Å². The zero-order chi connectivity index (χ0) is 24.9. The number of piperidine rings is 1. The molecule has 1 aliphatic heterocycles. The van der Waals surface area contributed by atoms with E-state index in [1.165, 1.54) is 33.9 Å². The van der Waals surface area contributed by atoms with Gasteiger partial charge in [-0.2, -0.15) is 5.10 Å². The third-order valence-corrected chi connectivity index (χ3v) is 6.87. The molecule has 1 saturated heterocycles. The number of rotatable bonds is 4. The van der Waals surface area contributed by atoms with Crippen molar-refractivity contribution >= 4 is 27.8 Å². The number of benzene rings is 2. The van der Waals surface area contributed by atoms with E-state index in [2.05, 4.69) is 15.1 Å². The summed E-state index contributed by atoms with van der Waals surface area (Å²) in [4.78, 5) is 35.4. The van der Waals surface area contributed by atoms with Crippen molar-refractivity contribution in [3.8, 4) is 5.69 Å². The highest BCUT2D eigenvalue weighted by molar-refractivity contribution is 5.98. The van der Waals surface area contributed by atoms with Crippen molar-refractivity contribution in [3.05, 3.63) is 89.0 Å². The average Bonchev–Trinajstić information content (AvgIpc) is 3.53. The normalized spacial score (nSPS) is 15.6. The van der Waals surface area contributed by atoms with Gasteiger partial charge in [0.1, 0.15) is 17.5 Å². The molecule has 36 heavy (non-hydrogen) atoms. The summed E-state index contributed by atoms with van der Waals surface area (Å²) in [6.07, 6.45) is 5.34. The molecule has 3 aromatic heterocycles. The lowest BCUT2D eigenvalue weighted by Gasteiger charge is -2.38. The SMILES string of the molecule is O=C(c1ccc2[nH]ccc2c1)N1CCC(O)(Cn2cnc3c(cnn3-c3ccc(F)cc3)c2=O)CC1. The Morgan fingerprint density at radius 2 is 1.89 bits per heavy atom. The highest BCUT2D eigenvalue weighted by atomic mass is 19.1. The maximum absolute atomic E-state index is 13.3. The van der Waals surface area contributed by atoms with E-state index in [0.29, 0.717) is 48.2 Å². The van der Waals surface area contributed by atoms with Crippen LogP contribution >= 0.6 is 0 Å². The van der Waals surface area contributed by atoms with E-state index in [1.807, 2.05) is 24.4 Å². The molecule has 0 atom stereocenters. The van der Waals surface area contributed by atoms with Crippen LogP contribution in [0.15, 0.2) is 72.0 Å². The van der Waals surface area contributed by atoms with Crippen molar-refractivity contribution in [2.45, 2.75) is 25.0 Å². The van der Waals surface area contributed by atoms with Gasteiger partial charge in [0.05, 0.1) is 24.0 Å². The summed E-state index contributed by atoms with van der Waals surface area (Å²) in [5, 5.41) is 16.7. The van der Waals surface area contributed by atoms with Crippen molar-refractivity contribution in [1.29, 1.82) is 0 Å². The number of amides is 1. The second-order valence-corrected chi connectivity index (χ2v) is 9.24. The van der Waals surface area contributed by atoms with Crippen LogP contribution in [0.1, 0.15) is 23.2 Å². The van der Waals surface area contributed by atoms with E-state index < -0.39 is 5.60 Å². The molecule has 2 N–H and O–H groups in total. The fourth-order valence-corrected chi connectivity index (χ4v) is 4.80. The van der Waals surface area contributed by atoms with E-state index >= 15 is 0 Å². The summed E-state index contributed by atoms with van der Waals surface area (Å²) in [6, 6.07) is 13.2. The van der Waals surface area contributed by atoms with Crippen molar-refractivity contribution in [2.75, 3.05) is 13.1 Å². The molecule has 2 aromatic carbocycles. The van der Waals surface area contributed by atoms with E-state index in [0.717, 1.165) is 10.9 Å². The number of H-pyrrole nitrogens is 1. The summed E-state index contributed by atoms with van der Waals surface area (Å²) in [5.74, 6) is -0.443. The molecule has 1 fully saturated rings. The predicted octanol–water partition coefficient (Wildman–Crippen LogP) is 2.87. The molecule has 0 aliphatic carbocycles. The number of carbonyl (C=O) groups excluding carboxylic acids is 1. The number of halogens is 1. The second-order valence-electron chi connectivity index (χ2n) is 9.24. The highest BCUT2D eigenvalue weighted by Crippen LogP contribution is 2.26. The molecule has 9 nitrogen and oxygen atoms in total. The minimum Gasteiger partial charge on any atom is -0.388 e. The van der Waals surface area contributed by atoms with Crippen LogP contribution in [0.4, 0.5) is 4.39 Å². The van der Waals surface area contributed by atoms with Gasteiger partial charge in [-0.3, -0.25) is 14.2 Å². The number of aromatic nitrogens is 5. The molecule has 1 amide bonds. The van der Waals surface area contributed by atoms with Crippen LogP contribution in [-0.4, -0.2) is 58.9 Å². The number of likely N-dealkylation sites (tertiary alicyclic amines) is 1. The van der Waals surface area contributed by atoms with Crippen LogP contribution in [0.2, 0.25) is 0 Å². The summed E-state index contributed by atoms with van der Waals surface area (Å²) >= 11 is 0. The first-order valence-electron chi connectivity index (χ1n) is 11.7. The zero-order valence-electron chi connectivity index (χ0n) is 19.3. The van der Waals surface area contributed by atoms with Crippen LogP contribution < -0.4 is 5.56 Å². The van der Waals surface area contributed by atoms with Gasteiger partial charge in [0.2, 0.25) is 0 Å². The summed E-state index contributed by atoms with van der Waals surface area (Å²) in [7, 11) is 0. The molecule has 0 radical (unpaired) electrons. The Balaban J connectivity index is 1.18. The van der Waals surface area contributed by atoms with E-state index in [4.69, 9.17) is 0 Å². The van der Waals surface area contributed by atoms with Gasteiger partial charge in [-0.05, 0) is 61.4 Å². The van der Waals surface area contributed by atoms with E-state index in [1.54, 1.807) is 23.1 Å². The fourth-order valence-electron chi connectivity index (χ4n) is 4.80. The number of hydrogen-bond acceptors (Lipinski definition) is 5. The monoisotopic (exact) mass is 486 g/mol. The summed E-state index contributed by atoms with van der Waals surface area (Å²) < 4.78 is 16.1. The zero-order valence-corrected chi connectivity index (χ0v) is 19.3. The van der Waals surface area contributed by atoms with Gasteiger partial charge in [-0.25, -0.2) is 14.1 Å². The van der Waals surface area contributed by atoms with Crippen molar-refractivity contribution in [3.63, 3.8) is 0 Å². The molecule has 0 unspecified atom stereocenters. The average molecular weight is 487 g/mol. The van der Waals surface area contributed by atoms with E-state index in [-0.39, 0.29) is 23.8 Å². The first-order valence-corrected chi connectivity index (χ1v) is 11.7. The third-order valence-electron chi connectivity index (χ3n) is 6.87. The van der Waals surface area contributed by atoms with Crippen LogP contribution in [0.25, 0.3) is 27.6 Å². The van der Waals surface area contributed by atoms with Gasteiger partial charge >= 0.3 is 0 Å². The Morgan fingerprint density at radius 1 is 1.11 bits per heavy atom. The molecule has 4 heterocycles. The first-order chi connectivity index (χ1) is 17.4. The van der Waals surface area contributed by atoms with Gasteiger partial charge in [0.15, 0.2) is 5.65 Å². The largest absolute Gasteiger partial charge is 0.388 e. The Morgan fingerprint density at radius 3 is 2.67 bits per heavy atom. The van der Waals surface area contributed by atoms with E-state index in [9.17, 15) is 19.1 Å². The maximum atomic E-state index is 13.3. The number of carbonyl (C=O) groups is 1. The smallest absolute Gasteiger partial charge is 0.264 e. The lowest BCUT2D eigenvalue weighted by Crippen LogP contribution is -2.49. The van der Waals surface area contributed by atoms with Crippen molar-refractivity contribution in [2.24, 2.45) is 0 Å². The third kappa shape index (κ3) is 3.85. The van der Waals surface area contributed by atoms with Crippen molar-refractivity contribution < 1.29 is 14.3 Å². The fraction of sp³-hybridized carbons (Fsp3) is 0.231. The number of nitrogens with one attached hydrogen (secondary N) is 1. The summed E-state index contributed by atoms with van der Waals surface area (Å²) in [5.41, 5.74) is 1.06. The molecular formula is C26H23FN6O3. The van der Waals surface area contributed by atoms with Crippen LogP contribution in [0.3, 0.4) is 0 Å². The van der Waals surface area contributed by atoms with Gasteiger partial charge in [-0.15, -0.1) is 0 Å². The Kier molecular flexibility index (Phi) is 5.18. The Bertz CT molecular complexity index is 1640. The molecule has 182 valence electrons. The molecule has 6 rings (SSSR count). The Labute approximate surface area is 204 Å². The van der Waals surface area contributed by atoms with Crippen LogP contribution in [0.5, 0.6) is 0 Å². The number of hydrogen-bond donors (Lipinski definition) is 2. The minimum atomic E-state index is -1.15. The van der Waals surface area contributed by atoms with Crippen LogP contribution in [-0.2, 0) is 6.54 Å². The maximum Gasteiger partial charge on any atom is 0.264 e. The number of fused-ring (bicyclic) bond motifs is 2. The molecule has 0 saturated carbocycles. The number of aromatic amines is 1. The summed E-state index contributed by atoms with van der Waals surface area (Å²) in [6.45, 7) is 0.828. The predicted molar refractivity (Wildman–Crippen MR) is 131 cm³/mol.